The van der Waals surface area contributed by atoms with E-state index in [4.69, 9.17) is 9.15 Å². The largest absolute Gasteiger partial charge is 0.455 e. The first-order valence-electron chi connectivity index (χ1n) is 8.70. The molecule has 2 N–H and O–H groups in total. The van der Waals surface area contributed by atoms with Crippen molar-refractivity contribution in [3.8, 4) is 0 Å². The molecule has 2 heterocycles. The van der Waals surface area contributed by atoms with Crippen LogP contribution in [0.15, 0.2) is 4.42 Å². The lowest BCUT2D eigenvalue weighted by Crippen LogP contribution is -2.47. The Bertz CT molecular complexity index is 630. The molecule has 0 atom stereocenters. The van der Waals surface area contributed by atoms with Crippen molar-refractivity contribution in [3.05, 3.63) is 22.6 Å². The minimum atomic E-state index is -0.233. The van der Waals surface area contributed by atoms with Gasteiger partial charge in [-0.3, -0.25) is 9.59 Å². The van der Waals surface area contributed by atoms with Gasteiger partial charge >= 0.3 is 0 Å². The van der Waals surface area contributed by atoms with Gasteiger partial charge in [0.25, 0.3) is 5.91 Å². The van der Waals surface area contributed by atoms with E-state index < -0.39 is 0 Å². The SMILES string of the molecule is COCC1(CNC(=O)c2oc3c(c2C)C(=O)CCC3)CCNCC1.Cl. The lowest BCUT2D eigenvalue weighted by Gasteiger charge is -2.37. The van der Waals surface area contributed by atoms with Crippen LogP contribution < -0.4 is 10.6 Å². The number of aryl methyl sites for hydroxylation is 1. The van der Waals surface area contributed by atoms with Crippen molar-refractivity contribution >= 4 is 24.1 Å². The van der Waals surface area contributed by atoms with E-state index in [2.05, 4.69) is 10.6 Å². The van der Waals surface area contributed by atoms with Crippen LogP contribution in [0.5, 0.6) is 0 Å². The Morgan fingerprint density at radius 3 is 2.68 bits per heavy atom. The maximum atomic E-state index is 12.6. The fourth-order valence-electron chi connectivity index (χ4n) is 3.85. The monoisotopic (exact) mass is 370 g/mol. The Morgan fingerprint density at radius 1 is 1.32 bits per heavy atom. The Kier molecular flexibility index (Phi) is 6.65. The number of fused-ring (bicyclic) bond motifs is 1. The van der Waals surface area contributed by atoms with Crippen LogP contribution in [0.2, 0.25) is 0 Å². The van der Waals surface area contributed by atoms with E-state index in [1.165, 1.54) is 0 Å². The van der Waals surface area contributed by atoms with Gasteiger partial charge in [-0.15, -0.1) is 12.4 Å². The summed E-state index contributed by atoms with van der Waals surface area (Å²) >= 11 is 0. The number of ether oxygens (including phenoxy) is 1. The predicted molar refractivity (Wildman–Crippen MR) is 96.7 cm³/mol. The van der Waals surface area contributed by atoms with Gasteiger partial charge in [0.2, 0.25) is 0 Å². The van der Waals surface area contributed by atoms with Gasteiger partial charge in [-0.25, -0.2) is 0 Å². The van der Waals surface area contributed by atoms with E-state index in [0.29, 0.717) is 36.5 Å². The van der Waals surface area contributed by atoms with E-state index in [-0.39, 0.29) is 35.3 Å². The molecule has 0 spiro atoms. The van der Waals surface area contributed by atoms with Crippen LogP contribution in [0.4, 0.5) is 0 Å². The summed E-state index contributed by atoms with van der Waals surface area (Å²) in [5.41, 5.74) is 1.27. The molecule has 1 fully saturated rings. The molecule has 7 heteroatoms. The molecular formula is C18H27ClN2O4. The Hall–Kier alpha value is -1.37. The van der Waals surface area contributed by atoms with Gasteiger partial charge in [0.05, 0.1) is 12.2 Å². The highest BCUT2D eigenvalue weighted by molar-refractivity contribution is 6.03. The van der Waals surface area contributed by atoms with Crippen molar-refractivity contribution < 1.29 is 18.7 Å². The highest BCUT2D eigenvalue weighted by atomic mass is 35.5. The molecule has 1 aromatic rings. The molecule has 1 aromatic heterocycles. The van der Waals surface area contributed by atoms with Crippen LogP contribution in [0.1, 0.15) is 57.9 Å². The van der Waals surface area contributed by atoms with Gasteiger partial charge in [0.15, 0.2) is 11.5 Å². The zero-order chi connectivity index (χ0) is 17.2. The van der Waals surface area contributed by atoms with Crippen LogP contribution in [-0.4, -0.2) is 45.0 Å². The number of halogens is 1. The molecule has 6 nitrogen and oxygen atoms in total. The molecule has 0 unspecified atom stereocenters. The molecule has 0 radical (unpaired) electrons. The smallest absolute Gasteiger partial charge is 0.287 e. The second kappa shape index (κ2) is 8.34. The fourth-order valence-corrected chi connectivity index (χ4v) is 3.85. The number of furan rings is 1. The van der Waals surface area contributed by atoms with E-state index in [9.17, 15) is 9.59 Å². The number of ketones is 1. The Labute approximate surface area is 154 Å². The molecule has 1 amide bonds. The summed E-state index contributed by atoms with van der Waals surface area (Å²) in [7, 11) is 1.70. The van der Waals surface area contributed by atoms with Gasteiger partial charge in [0.1, 0.15) is 5.76 Å². The number of amides is 1. The maximum absolute atomic E-state index is 12.6. The predicted octanol–water partition coefficient (Wildman–Crippen LogP) is 2.27. The van der Waals surface area contributed by atoms with Crippen LogP contribution in [0.25, 0.3) is 0 Å². The number of piperidine rings is 1. The first-order valence-corrected chi connectivity index (χ1v) is 8.70. The molecule has 1 aliphatic carbocycles. The minimum Gasteiger partial charge on any atom is -0.455 e. The highest BCUT2D eigenvalue weighted by Crippen LogP contribution is 2.31. The molecule has 2 aliphatic rings. The van der Waals surface area contributed by atoms with Gasteiger partial charge in [0, 0.05) is 37.5 Å². The molecule has 0 saturated carbocycles. The first kappa shape index (κ1) is 19.9. The Morgan fingerprint density at radius 2 is 2.04 bits per heavy atom. The summed E-state index contributed by atoms with van der Waals surface area (Å²) in [5, 5.41) is 6.35. The lowest BCUT2D eigenvalue weighted by atomic mass is 9.79. The summed E-state index contributed by atoms with van der Waals surface area (Å²) in [5.74, 6) is 0.814. The van der Waals surface area contributed by atoms with Crippen LogP contribution >= 0.6 is 12.4 Å². The number of hydrogen-bond acceptors (Lipinski definition) is 5. The average Bonchev–Trinajstić information content (AvgIpc) is 2.92. The number of carbonyl (C=O) groups excluding carboxylic acids is 2. The van der Waals surface area contributed by atoms with Crippen molar-refractivity contribution in [2.45, 2.75) is 39.0 Å². The molecule has 0 aromatic carbocycles. The van der Waals surface area contributed by atoms with Crippen LogP contribution in [-0.2, 0) is 11.2 Å². The van der Waals surface area contributed by atoms with E-state index in [1.54, 1.807) is 14.0 Å². The lowest BCUT2D eigenvalue weighted by molar-refractivity contribution is 0.0505. The maximum Gasteiger partial charge on any atom is 0.287 e. The second-order valence-corrected chi connectivity index (χ2v) is 7.00. The molecular weight excluding hydrogens is 344 g/mol. The van der Waals surface area contributed by atoms with Gasteiger partial charge in [-0.05, 0) is 39.3 Å². The van der Waals surface area contributed by atoms with Crippen molar-refractivity contribution in [1.82, 2.24) is 10.6 Å². The van der Waals surface area contributed by atoms with Crippen LogP contribution in [0, 0.1) is 12.3 Å². The molecule has 1 saturated heterocycles. The Balaban J connectivity index is 0.00000225. The number of Topliss-reactive ketones (excluding diaryl/α,β-unsaturated/α-hetero) is 1. The van der Waals surface area contributed by atoms with Crippen molar-refractivity contribution in [3.63, 3.8) is 0 Å². The van der Waals surface area contributed by atoms with Gasteiger partial charge < -0.3 is 19.8 Å². The number of carbonyl (C=O) groups is 2. The van der Waals surface area contributed by atoms with E-state index in [0.717, 1.165) is 38.8 Å². The molecule has 3 rings (SSSR count). The van der Waals surface area contributed by atoms with Crippen LogP contribution in [0.3, 0.4) is 0 Å². The summed E-state index contributed by atoms with van der Waals surface area (Å²) in [6.07, 6.45) is 4.00. The zero-order valence-electron chi connectivity index (χ0n) is 14.9. The van der Waals surface area contributed by atoms with Crippen molar-refractivity contribution in [1.29, 1.82) is 0 Å². The van der Waals surface area contributed by atoms with Gasteiger partial charge in [-0.2, -0.15) is 0 Å². The zero-order valence-corrected chi connectivity index (χ0v) is 15.7. The standard InChI is InChI=1S/C18H26N2O4.ClH/c1-12-15-13(21)4-3-5-14(15)24-16(12)17(22)20-10-18(11-23-2)6-8-19-9-7-18;/h19H,3-11H2,1-2H3,(H,20,22);1H. The summed E-state index contributed by atoms with van der Waals surface area (Å²) < 4.78 is 11.1. The normalized spacial score (nSPS) is 19.0. The number of nitrogens with one attached hydrogen (secondary N) is 2. The minimum absolute atomic E-state index is 0. The average molecular weight is 371 g/mol. The van der Waals surface area contributed by atoms with Crippen molar-refractivity contribution in [2.75, 3.05) is 33.4 Å². The summed E-state index contributed by atoms with van der Waals surface area (Å²) in [6, 6.07) is 0. The number of rotatable bonds is 5. The third-order valence-corrected chi connectivity index (χ3v) is 5.25. The van der Waals surface area contributed by atoms with Gasteiger partial charge in [-0.1, -0.05) is 0 Å². The van der Waals surface area contributed by atoms with Crippen molar-refractivity contribution in [2.24, 2.45) is 5.41 Å². The number of hydrogen-bond donors (Lipinski definition) is 2. The molecule has 1 aliphatic heterocycles. The topological polar surface area (TPSA) is 80.6 Å². The fraction of sp³-hybridized carbons (Fsp3) is 0.667. The molecule has 0 bridgehead atoms. The quantitative estimate of drug-likeness (QED) is 0.831. The second-order valence-electron chi connectivity index (χ2n) is 7.00. The molecule has 25 heavy (non-hydrogen) atoms. The third-order valence-electron chi connectivity index (χ3n) is 5.25. The summed E-state index contributed by atoms with van der Waals surface area (Å²) in [6.45, 7) is 4.85. The molecule has 140 valence electrons. The first-order chi connectivity index (χ1) is 11.6. The number of methoxy groups -OCH3 is 1. The third kappa shape index (κ3) is 4.07. The van der Waals surface area contributed by atoms with E-state index in [1.807, 2.05) is 0 Å². The highest BCUT2D eigenvalue weighted by Gasteiger charge is 2.34. The summed E-state index contributed by atoms with van der Waals surface area (Å²) in [4.78, 5) is 24.7. The van der Waals surface area contributed by atoms with E-state index >= 15 is 0 Å².